The number of ether oxygens (including phenoxy) is 1. The lowest BCUT2D eigenvalue weighted by Crippen LogP contribution is -2.46. The van der Waals surface area contributed by atoms with Crippen molar-refractivity contribution in [1.82, 2.24) is 15.3 Å². The summed E-state index contributed by atoms with van der Waals surface area (Å²) in [5, 5.41) is 3.02. The van der Waals surface area contributed by atoms with E-state index in [1.807, 2.05) is 20.8 Å². The SMILES string of the molecule is CC(C)(C)OC(=O)NC1(c2cnc[nH]2)CCCC1. The van der Waals surface area contributed by atoms with Gasteiger partial charge in [-0.3, -0.25) is 0 Å². The summed E-state index contributed by atoms with van der Waals surface area (Å²) >= 11 is 0. The maximum atomic E-state index is 11.9. The van der Waals surface area contributed by atoms with Crippen LogP contribution in [-0.2, 0) is 10.3 Å². The number of rotatable bonds is 2. The van der Waals surface area contributed by atoms with Crippen molar-refractivity contribution in [3.8, 4) is 0 Å². The molecule has 1 aliphatic rings. The Bertz CT molecular complexity index is 400. The molecule has 1 saturated carbocycles. The zero-order chi connectivity index (χ0) is 13.2. The fourth-order valence-corrected chi connectivity index (χ4v) is 2.46. The van der Waals surface area contributed by atoms with E-state index in [2.05, 4.69) is 15.3 Å². The molecule has 0 spiro atoms. The normalized spacial score (nSPS) is 18.6. The van der Waals surface area contributed by atoms with Crippen molar-refractivity contribution in [2.75, 3.05) is 0 Å². The molecule has 1 amide bonds. The van der Waals surface area contributed by atoms with Gasteiger partial charge in [-0.1, -0.05) is 12.8 Å². The number of carbonyl (C=O) groups is 1. The van der Waals surface area contributed by atoms with Crippen molar-refractivity contribution in [2.45, 2.75) is 57.6 Å². The number of nitrogens with one attached hydrogen (secondary N) is 2. The Morgan fingerprint density at radius 1 is 1.44 bits per heavy atom. The number of alkyl carbamates (subject to hydrolysis) is 1. The van der Waals surface area contributed by atoms with E-state index in [9.17, 15) is 4.79 Å². The minimum atomic E-state index is -0.474. The largest absolute Gasteiger partial charge is 0.444 e. The lowest BCUT2D eigenvalue weighted by molar-refractivity contribution is 0.0451. The molecule has 0 aromatic carbocycles. The maximum absolute atomic E-state index is 11.9. The van der Waals surface area contributed by atoms with Gasteiger partial charge in [-0.25, -0.2) is 9.78 Å². The second kappa shape index (κ2) is 4.63. The van der Waals surface area contributed by atoms with Gasteiger partial charge in [0.25, 0.3) is 0 Å². The monoisotopic (exact) mass is 251 g/mol. The van der Waals surface area contributed by atoms with Crippen molar-refractivity contribution in [3.63, 3.8) is 0 Å². The first-order valence-corrected chi connectivity index (χ1v) is 6.41. The molecule has 1 aromatic heterocycles. The highest BCUT2D eigenvalue weighted by Crippen LogP contribution is 2.37. The number of nitrogens with zero attached hydrogens (tertiary/aromatic N) is 1. The Hall–Kier alpha value is -1.52. The zero-order valence-electron chi connectivity index (χ0n) is 11.2. The van der Waals surface area contributed by atoms with Crippen LogP contribution in [-0.4, -0.2) is 21.7 Å². The number of hydrogen-bond acceptors (Lipinski definition) is 3. The highest BCUT2D eigenvalue weighted by molar-refractivity contribution is 5.69. The maximum Gasteiger partial charge on any atom is 0.408 e. The Kier molecular flexibility index (Phi) is 3.32. The average Bonchev–Trinajstić information content (AvgIpc) is 2.82. The summed E-state index contributed by atoms with van der Waals surface area (Å²) in [5.74, 6) is 0. The number of aromatic nitrogens is 2. The van der Waals surface area contributed by atoms with Crippen LogP contribution in [0, 0.1) is 0 Å². The highest BCUT2D eigenvalue weighted by Gasteiger charge is 2.39. The van der Waals surface area contributed by atoms with Gasteiger partial charge >= 0.3 is 6.09 Å². The fraction of sp³-hybridized carbons (Fsp3) is 0.692. The Morgan fingerprint density at radius 2 is 2.11 bits per heavy atom. The van der Waals surface area contributed by atoms with Gasteiger partial charge in [-0.2, -0.15) is 0 Å². The van der Waals surface area contributed by atoms with E-state index >= 15 is 0 Å². The number of H-pyrrole nitrogens is 1. The highest BCUT2D eigenvalue weighted by atomic mass is 16.6. The van der Waals surface area contributed by atoms with Crippen LogP contribution in [0.4, 0.5) is 4.79 Å². The van der Waals surface area contributed by atoms with Crippen molar-refractivity contribution in [3.05, 3.63) is 18.2 Å². The van der Waals surface area contributed by atoms with E-state index in [1.165, 1.54) is 0 Å². The predicted molar refractivity (Wildman–Crippen MR) is 68.1 cm³/mol. The van der Waals surface area contributed by atoms with Crippen LogP contribution >= 0.6 is 0 Å². The van der Waals surface area contributed by atoms with Gasteiger partial charge in [0, 0.05) is 0 Å². The van der Waals surface area contributed by atoms with Gasteiger partial charge < -0.3 is 15.0 Å². The summed E-state index contributed by atoms with van der Waals surface area (Å²) < 4.78 is 5.34. The molecule has 5 heteroatoms. The van der Waals surface area contributed by atoms with E-state index in [-0.39, 0.29) is 11.6 Å². The summed E-state index contributed by atoms with van der Waals surface area (Å²) in [7, 11) is 0. The Balaban J connectivity index is 2.10. The van der Waals surface area contributed by atoms with Gasteiger partial charge in [-0.05, 0) is 33.6 Å². The molecular formula is C13H21N3O2. The van der Waals surface area contributed by atoms with Gasteiger partial charge in [-0.15, -0.1) is 0 Å². The molecule has 1 aliphatic carbocycles. The standard InChI is InChI=1S/C13H21N3O2/c1-12(2,3)18-11(17)16-13(6-4-5-7-13)10-8-14-9-15-10/h8-9H,4-7H2,1-3H3,(H,14,15)(H,16,17). The zero-order valence-corrected chi connectivity index (χ0v) is 11.2. The predicted octanol–water partition coefficient (Wildman–Crippen LogP) is 2.70. The first-order valence-electron chi connectivity index (χ1n) is 6.41. The van der Waals surface area contributed by atoms with Crippen LogP contribution in [0.5, 0.6) is 0 Å². The number of hydrogen-bond donors (Lipinski definition) is 2. The average molecular weight is 251 g/mol. The molecule has 18 heavy (non-hydrogen) atoms. The summed E-state index contributed by atoms with van der Waals surface area (Å²) in [6, 6.07) is 0. The summed E-state index contributed by atoms with van der Waals surface area (Å²) in [4.78, 5) is 19.1. The third-order valence-corrected chi connectivity index (χ3v) is 3.21. The van der Waals surface area contributed by atoms with Gasteiger partial charge in [0.05, 0.1) is 23.8 Å². The summed E-state index contributed by atoms with van der Waals surface area (Å²) in [6.07, 6.45) is 7.13. The van der Waals surface area contributed by atoms with Crippen LogP contribution in [0.15, 0.2) is 12.5 Å². The smallest absolute Gasteiger partial charge is 0.408 e. The molecule has 100 valence electrons. The lowest BCUT2D eigenvalue weighted by atomic mass is 9.94. The summed E-state index contributed by atoms with van der Waals surface area (Å²) in [5.41, 5.74) is 0.155. The van der Waals surface area contributed by atoms with Crippen molar-refractivity contribution in [2.24, 2.45) is 0 Å². The van der Waals surface area contributed by atoms with Crippen LogP contribution in [0.2, 0.25) is 0 Å². The van der Waals surface area contributed by atoms with E-state index in [0.717, 1.165) is 31.4 Å². The molecule has 0 saturated heterocycles. The molecule has 0 aliphatic heterocycles. The molecule has 0 unspecified atom stereocenters. The molecule has 5 nitrogen and oxygen atoms in total. The number of aromatic amines is 1. The lowest BCUT2D eigenvalue weighted by Gasteiger charge is -2.30. The quantitative estimate of drug-likeness (QED) is 0.849. The van der Waals surface area contributed by atoms with E-state index in [4.69, 9.17) is 4.74 Å². The minimum Gasteiger partial charge on any atom is -0.444 e. The molecule has 1 fully saturated rings. The second-order valence-electron chi connectivity index (χ2n) is 5.88. The first-order chi connectivity index (χ1) is 8.41. The third-order valence-electron chi connectivity index (χ3n) is 3.21. The summed E-state index contributed by atoms with van der Waals surface area (Å²) in [6.45, 7) is 5.60. The van der Waals surface area contributed by atoms with Crippen LogP contribution in [0.1, 0.15) is 52.1 Å². The molecule has 0 atom stereocenters. The Morgan fingerprint density at radius 3 is 2.61 bits per heavy atom. The minimum absolute atomic E-state index is 0.334. The topological polar surface area (TPSA) is 67.0 Å². The van der Waals surface area contributed by atoms with Crippen LogP contribution in [0.3, 0.4) is 0 Å². The molecule has 1 aromatic rings. The van der Waals surface area contributed by atoms with Crippen molar-refractivity contribution >= 4 is 6.09 Å². The first kappa shape index (κ1) is 12.9. The molecule has 1 heterocycles. The van der Waals surface area contributed by atoms with Crippen LogP contribution < -0.4 is 5.32 Å². The Labute approximate surface area is 107 Å². The van der Waals surface area contributed by atoms with Gasteiger partial charge in [0.1, 0.15) is 5.60 Å². The van der Waals surface area contributed by atoms with E-state index in [1.54, 1.807) is 12.5 Å². The van der Waals surface area contributed by atoms with Crippen LogP contribution in [0.25, 0.3) is 0 Å². The molecule has 2 rings (SSSR count). The van der Waals surface area contributed by atoms with Crippen molar-refractivity contribution in [1.29, 1.82) is 0 Å². The number of carbonyl (C=O) groups excluding carboxylic acids is 1. The molecule has 2 N–H and O–H groups in total. The van der Waals surface area contributed by atoms with E-state index in [0.29, 0.717) is 0 Å². The molecule has 0 radical (unpaired) electrons. The van der Waals surface area contributed by atoms with E-state index < -0.39 is 5.60 Å². The van der Waals surface area contributed by atoms with Gasteiger partial charge in [0.2, 0.25) is 0 Å². The fourth-order valence-electron chi connectivity index (χ4n) is 2.46. The third kappa shape index (κ3) is 2.83. The molecule has 0 bridgehead atoms. The number of amides is 1. The van der Waals surface area contributed by atoms with Gasteiger partial charge in [0.15, 0.2) is 0 Å². The molecular weight excluding hydrogens is 230 g/mol. The number of imidazole rings is 1. The second-order valence-corrected chi connectivity index (χ2v) is 5.88. The van der Waals surface area contributed by atoms with Crippen molar-refractivity contribution < 1.29 is 9.53 Å².